The summed E-state index contributed by atoms with van der Waals surface area (Å²) >= 11 is 0. The van der Waals surface area contributed by atoms with E-state index >= 15 is 13.2 Å². The number of nitrogens with zero attached hydrogens (tertiary/aromatic N) is 2. The number of carbonyl (C=O) groups is 2. The van der Waals surface area contributed by atoms with E-state index in [1.807, 2.05) is 39.6 Å². The van der Waals surface area contributed by atoms with Crippen LogP contribution in [0.1, 0.15) is 74.2 Å². The molecule has 1 saturated heterocycles. The van der Waals surface area contributed by atoms with Crippen LogP contribution in [0.4, 0.5) is 42.1 Å². The molecule has 3 aromatic rings. The molecule has 2 amide bonds. The van der Waals surface area contributed by atoms with Crippen LogP contribution in [0.3, 0.4) is 0 Å². The van der Waals surface area contributed by atoms with E-state index in [-0.39, 0.29) is 28.9 Å². The third-order valence-corrected chi connectivity index (χ3v) is 8.18. The first-order valence-corrected chi connectivity index (χ1v) is 15.3. The van der Waals surface area contributed by atoms with Crippen LogP contribution in [0.15, 0.2) is 42.5 Å². The highest BCUT2D eigenvalue weighted by Gasteiger charge is 2.36. The third kappa shape index (κ3) is 8.47. The summed E-state index contributed by atoms with van der Waals surface area (Å²) in [6.45, 7) is 12.5. The fourth-order valence-electron chi connectivity index (χ4n) is 6.21. The van der Waals surface area contributed by atoms with Gasteiger partial charge in [-0.1, -0.05) is 20.8 Å². The molecule has 0 saturated carbocycles. The Labute approximate surface area is 275 Å². The number of piperazine rings is 1. The standard InChI is InChI=1S/C35H39F7N4O2/c1-19-17-46(11-10-45(19)7)30-16-28(39)23(14-29(30)43-31(47)21-9-8-20(36)12-25(21)35(40,41)42)22-13-24(27(38)15-26(22)37)32(48)44-34(5,6)18-33(2,3)4/h8-9,12-16,19H,10-11,17-18H2,1-7H3,(H,43,47)(H,44,48). The average molecular weight is 681 g/mol. The van der Waals surface area contributed by atoms with Gasteiger partial charge in [0.25, 0.3) is 11.8 Å². The molecule has 48 heavy (non-hydrogen) atoms. The van der Waals surface area contributed by atoms with E-state index in [1.54, 1.807) is 18.7 Å². The fourth-order valence-corrected chi connectivity index (χ4v) is 6.21. The zero-order chi connectivity index (χ0) is 35.9. The first kappa shape index (κ1) is 36.7. The molecule has 1 heterocycles. The van der Waals surface area contributed by atoms with Crippen molar-refractivity contribution in [2.24, 2.45) is 5.41 Å². The molecule has 1 unspecified atom stereocenters. The van der Waals surface area contributed by atoms with E-state index in [0.717, 1.165) is 18.2 Å². The zero-order valence-electron chi connectivity index (χ0n) is 27.8. The molecule has 1 aliphatic heterocycles. The minimum absolute atomic E-state index is 0.0304. The summed E-state index contributed by atoms with van der Waals surface area (Å²) < 4.78 is 101. The van der Waals surface area contributed by atoms with Gasteiger partial charge in [-0.25, -0.2) is 17.6 Å². The summed E-state index contributed by atoms with van der Waals surface area (Å²) in [5.41, 5.74) is -5.04. The number of benzene rings is 3. The second-order valence-electron chi connectivity index (χ2n) is 14.2. The molecule has 1 fully saturated rings. The van der Waals surface area contributed by atoms with Gasteiger partial charge in [0.1, 0.15) is 23.3 Å². The second-order valence-corrected chi connectivity index (χ2v) is 14.2. The van der Waals surface area contributed by atoms with Crippen LogP contribution in [0.2, 0.25) is 0 Å². The Balaban J connectivity index is 1.83. The predicted octanol–water partition coefficient (Wildman–Crippen LogP) is 8.27. The molecule has 0 aromatic heterocycles. The number of rotatable bonds is 7. The van der Waals surface area contributed by atoms with E-state index < -0.39 is 74.6 Å². The molecule has 13 heteroatoms. The Morgan fingerprint density at radius 1 is 0.812 bits per heavy atom. The molecule has 1 aliphatic rings. The van der Waals surface area contributed by atoms with Gasteiger partial charge in [0.15, 0.2) is 0 Å². The molecule has 0 spiro atoms. The van der Waals surface area contributed by atoms with Gasteiger partial charge >= 0.3 is 6.18 Å². The summed E-state index contributed by atoms with van der Waals surface area (Å²) in [6.07, 6.45) is -4.57. The van der Waals surface area contributed by atoms with Crippen LogP contribution in [0, 0.1) is 28.7 Å². The van der Waals surface area contributed by atoms with Crippen molar-refractivity contribution in [3.05, 3.63) is 82.4 Å². The van der Waals surface area contributed by atoms with Crippen LogP contribution >= 0.6 is 0 Å². The number of halogens is 7. The fraction of sp³-hybridized carbons (Fsp3) is 0.429. The second kappa shape index (κ2) is 13.4. The van der Waals surface area contributed by atoms with Crippen LogP contribution in [-0.4, -0.2) is 55.0 Å². The molecular weight excluding hydrogens is 641 g/mol. The summed E-state index contributed by atoms with van der Waals surface area (Å²) in [5, 5.41) is 5.12. The predicted molar refractivity (Wildman–Crippen MR) is 171 cm³/mol. The van der Waals surface area contributed by atoms with Crippen molar-refractivity contribution in [1.29, 1.82) is 0 Å². The maximum Gasteiger partial charge on any atom is 0.417 e. The molecule has 260 valence electrons. The van der Waals surface area contributed by atoms with E-state index in [2.05, 4.69) is 10.6 Å². The van der Waals surface area contributed by atoms with Crippen molar-refractivity contribution < 1.29 is 40.3 Å². The number of anilines is 2. The lowest BCUT2D eigenvalue weighted by atomic mass is 9.81. The third-order valence-electron chi connectivity index (χ3n) is 8.18. The maximum atomic E-state index is 15.9. The van der Waals surface area contributed by atoms with Crippen molar-refractivity contribution >= 4 is 23.2 Å². The lowest BCUT2D eigenvalue weighted by Crippen LogP contribution is -2.50. The Kier molecular flexibility index (Phi) is 10.3. The van der Waals surface area contributed by atoms with Crippen molar-refractivity contribution in [2.45, 2.75) is 65.7 Å². The topological polar surface area (TPSA) is 64.7 Å². The zero-order valence-corrected chi connectivity index (χ0v) is 27.8. The summed E-state index contributed by atoms with van der Waals surface area (Å²) in [5.74, 6) is -6.73. The first-order chi connectivity index (χ1) is 22.1. The quantitative estimate of drug-likeness (QED) is 0.247. The molecule has 6 nitrogen and oxygen atoms in total. The molecule has 3 aromatic carbocycles. The van der Waals surface area contributed by atoms with E-state index in [4.69, 9.17) is 0 Å². The largest absolute Gasteiger partial charge is 0.417 e. The molecule has 1 atom stereocenters. The van der Waals surface area contributed by atoms with Gasteiger partial charge in [0.2, 0.25) is 0 Å². The lowest BCUT2D eigenvalue weighted by molar-refractivity contribution is -0.138. The highest BCUT2D eigenvalue weighted by Crippen LogP contribution is 2.39. The van der Waals surface area contributed by atoms with Crippen LogP contribution in [-0.2, 0) is 6.18 Å². The van der Waals surface area contributed by atoms with Gasteiger partial charge in [-0.15, -0.1) is 0 Å². The minimum atomic E-state index is -5.08. The maximum absolute atomic E-state index is 15.9. The molecule has 4 rings (SSSR count). The van der Waals surface area contributed by atoms with Crippen LogP contribution in [0.5, 0.6) is 0 Å². The number of hydrogen-bond acceptors (Lipinski definition) is 4. The number of alkyl halides is 3. The van der Waals surface area contributed by atoms with Gasteiger partial charge in [0, 0.05) is 48.4 Å². The van der Waals surface area contributed by atoms with E-state index in [0.29, 0.717) is 44.3 Å². The Hall–Kier alpha value is -4.13. The number of amides is 2. The number of hydrogen-bond donors (Lipinski definition) is 2. The lowest BCUT2D eigenvalue weighted by Gasteiger charge is -2.39. The van der Waals surface area contributed by atoms with Gasteiger partial charge in [-0.3, -0.25) is 9.59 Å². The first-order valence-electron chi connectivity index (χ1n) is 15.3. The SMILES string of the molecule is CC1CN(c2cc(F)c(-c3cc(C(=O)NC(C)(C)CC(C)(C)C)c(F)cc3F)cc2NC(=O)c2ccc(F)cc2C(F)(F)F)CCN1C. The molecule has 0 radical (unpaired) electrons. The molecule has 0 aliphatic carbocycles. The highest BCUT2D eigenvalue weighted by atomic mass is 19.4. The van der Waals surface area contributed by atoms with Gasteiger partial charge in [-0.05, 0) is 76.1 Å². The Morgan fingerprint density at radius 3 is 2.04 bits per heavy atom. The monoisotopic (exact) mass is 680 g/mol. The summed E-state index contributed by atoms with van der Waals surface area (Å²) in [4.78, 5) is 30.3. The Bertz CT molecular complexity index is 1720. The number of carbonyl (C=O) groups excluding carboxylic acids is 2. The van der Waals surface area contributed by atoms with Crippen molar-refractivity contribution in [2.75, 3.05) is 36.9 Å². The van der Waals surface area contributed by atoms with Crippen molar-refractivity contribution in [3.63, 3.8) is 0 Å². The smallest absolute Gasteiger partial charge is 0.367 e. The average Bonchev–Trinajstić information content (AvgIpc) is 2.93. The molecule has 0 bridgehead atoms. The highest BCUT2D eigenvalue weighted by molar-refractivity contribution is 6.07. The van der Waals surface area contributed by atoms with E-state index in [9.17, 15) is 27.2 Å². The minimum Gasteiger partial charge on any atom is -0.367 e. The van der Waals surface area contributed by atoms with Gasteiger partial charge in [-0.2, -0.15) is 13.2 Å². The van der Waals surface area contributed by atoms with Crippen molar-refractivity contribution in [1.82, 2.24) is 10.2 Å². The number of likely N-dealkylation sites (N-methyl/N-ethyl adjacent to an activating group) is 1. The van der Waals surface area contributed by atoms with Crippen molar-refractivity contribution in [3.8, 4) is 11.1 Å². The Morgan fingerprint density at radius 2 is 1.44 bits per heavy atom. The van der Waals surface area contributed by atoms with E-state index in [1.165, 1.54) is 0 Å². The van der Waals surface area contributed by atoms with Gasteiger partial charge in [0.05, 0.1) is 28.1 Å². The van der Waals surface area contributed by atoms with Crippen LogP contribution in [0.25, 0.3) is 11.1 Å². The summed E-state index contributed by atoms with van der Waals surface area (Å²) in [7, 11) is 1.89. The molecule has 2 N–H and O–H groups in total. The van der Waals surface area contributed by atoms with Gasteiger partial charge < -0.3 is 20.4 Å². The van der Waals surface area contributed by atoms with Crippen LogP contribution < -0.4 is 15.5 Å². The molecular formula is C35H39F7N4O2. The normalized spacial score (nSPS) is 16.2. The summed E-state index contributed by atoms with van der Waals surface area (Å²) in [6, 6.07) is 4.89. The number of nitrogens with one attached hydrogen (secondary N) is 2.